The average molecular weight is 675 g/mol. The van der Waals surface area contributed by atoms with Crippen molar-refractivity contribution in [3.05, 3.63) is 69.7 Å². The zero-order valence-electron chi connectivity index (χ0n) is 26.6. The Morgan fingerprint density at radius 3 is 2.50 bits per heavy atom. The first-order chi connectivity index (χ1) is 22.1. The SMILES string of the molecule is CCN(CC)C(=O)COC(=O)CC[C@H](C(=O)NCc1ccc(Cl)c(Cl)c1)N1CCC(CCc2ccccc2)N2C[C@H](N)C[C@H]2C1=O. The van der Waals surface area contributed by atoms with Crippen molar-refractivity contribution in [1.82, 2.24) is 20.0 Å². The molecule has 3 amide bonds. The second-order valence-electron chi connectivity index (χ2n) is 12.0. The molecule has 10 nitrogen and oxygen atoms in total. The lowest BCUT2D eigenvalue weighted by Crippen LogP contribution is -2.53. The van der Waals surface area contributed by atoms with Gasteiger partial charge in [0.1, 0.15) is 6.04 Å². The van der Waals surface area contributed by atoms with Gasteiger partial charge in [0, 0.05) is 51.2 Å². The molecule has 0 spiro atoms. The van der Waals surface area contributed by atoms with Crippen LogP contribution < -0.4 is 11.1 Å². The normalized spacial score (nSPS) is 20.5. The predicted molar refractivity (Wildman–Crippen MR) is 178 cm³/mol. The first-order valence-electron chi connectivity index (χ1n) is 16.1. The number of nitrogens with one attached hydrogen (secondary N) is 1. The van der Waals surface area contributed by atoms with Crippen LogP contribution in [0.3, 0.4) is 0 Å². The number of esters is 1. The van der Waals surface area contributed by atoms with Crippen molar-refractivity contribution in [2.75, 3.05) is 32.8 Å². The van der Waals surface area contributed by atoms with Crippen molar-refractivity contribution in [2.45, 2.75) is 83.1 Å². The number of likely N-dealkylation sites (N-methyl/N-ethyl adjacent to an activating group) is 1. The molecule has 2 saturated heterocycles. The summed E-state index contributed by atoms with van der Waals surface area (Å²) in [7, 11) is 0. The van der Waals surface area contributed by atoms with Gasteiger partial charge in [0.15, 0.2) is 6.61 Å². The molecule has 12 heteroatoms. The van der Waals surface area contributed by atoms with E-state index < -0.39 is 18.1 Å². The zero-order valence-corrected chi connectivity index (χ0v) is 28.1. The number of benzene rings is 2. The largest absolute Gasteiger partial charge is 0.456 e. The molecule has 2 aromatic carbocycles. The molecule has 46 heavy (non-hydrogen) atoms. The first kappa shape index (κ1) is 35.7. The highest BCUT2D eigenvalue weighted by molar-refractivity contribution is 6.42. The number of ether oxygens (including phenoxy) is 1. The van der Waals surface area contributed by atoms with Crippen LogP contribution in [0, 0.1) is 0 Å². The summed E-state index contributed by atoms with van der Waals surface area (Å²) in [5.74, 6) is -1.43. The minimum absolute atomic E-state index is 0.0463. The molecule has 4 atom stereocenters. The molecule has 0 saturated carbocycles. The molecular formula is C34H45Cl2N5O5. The lowest BCUT2D eigenvalue weighted by atomic mass is 10.0. The van der Waals surface area contributed by atoms with Crippen molar-refractivity contribution in [3.63, 3.8) is 0 Å². The molecule has 250 valence electrons. The molecule has 2 aliphatic heterocycles. The van der Waals surface area contributed by atoms with Gasteiger partial charge in [-0.15, -0.1) is 0 Å². The molecule has 0 bridgehead atoms. The number of carbonyl (C=O) groups is 4. The fourth-order valence-corrected chi connectivity index (χ4v) is 6.74. The van der Waals surface area contributed by atoms with Crippen LogP contribution in [0.4, 0.5) is 0 Å². The fraction of sp³-hybridized carbons (Fsp3) is 0.529. The van der Waals surface area contributed by atoms with Gasteiger partial charge in [-0.2, -0.15) is 0 Å². The third-order valence-electron chi connectivity index (χ3n) is 8.95. The van der Waals surface area contributed by atoms with Gasteiger partial charge in [0.05, 0.1) is 16.1 Å². The monoisotopic (exact) mass is 673 g/mol. The van der Waals surface area contributed by atoms with E-state index in [0.717, 1.165) is 18.4 Å². The van der Waals surface area contributed by atoms with Gasteiger partial charge in [-0.25, -0.2) is 0 Å². The summed E-state index contributed by atoms with van der Waals surface area (Å²) < 4.78 is 5.27. The number of halogens is 2. The van der Waals surface area contributed by atoms with E-state index in [4.69, 9.17) is 33.7 Å². The van der Waals surface area contributed by atoms with Gasteiger partial charge in [-0.05, 0) is 69.2 Å². The third-order valence-corrected chi connectivity index (χ3v) is 9.68. The van der Waals surface area contributed by atoms with Gasteiger partial charge >= 0.3 is 5.97 Å². The standard InChI is InChI=1S/C34H45Cl2N5O5/c1-3-39(4-2)31(42)22-46-32(43)15-14-29(33(44)38-20-24-11-13-27(35)28(36)18-24)40-17-16-26(12-10-23-8-6-5-7-9-23)41-21-25(37)19-30(41)34(40)45/h5-9,11,13,18,25-26,29-30H,3-4,10,12,14-17,19-22,37H2,1-2H3,(H,38,44)/t25-,26?,29-,30+/m1/s1. The van der Waals surface area contributed by atoms with Crippen LogP contribution >= 0.6 is 23.2 Å². The molecule has 2 heterocycles. The molecule has 1 unspecified atom stereocenters. The second-order valence-corrected chi connectivity index (χ2v) is 12.8. The van der Waals surface area contributed by atoms with Crippen molar-refractivity contribution in [1.29, 1.82) is 0 Å². The molecule has 3 N–H and O–H groups in total. The van der Waals surface area contributed by atoms with Crippen molar-refractivity contribution in [2.24, 2.45) is 5.73 Å². The highest BCUT2D eigenvalue weighted by Crippen LogP contribution is 2.30. The van der Waals surface area contributed by atoms with E-state index >= 15 is 0 Å². The molecule has 0 aliphatic carbocycles. The molecule has 4 rings (SSSR count). The van der Waals surface area contributed by atoms with Gasteiger partial charge < -0.3 is 25.6 Å². The van der Waals surface area contributed by atoms with E-state index in [1.54, 1.807) is 28.0 Å². The van der Waals surface area contributed by atoms with Crippen molar-refractivity contribution < 1.29 is 23.9 Å². The van der Waals surface area contributed by atoms with E-state index in [2.05, 4.69) is 22.3 Å². The Morgan fingerprint density at radius 2 is 1.80 bits per heavy atom. The Kier molecular flexibility index (Phi) is 13.3. The fourth-order valence-electron chi connectivity index (χ4n) is 6.42. The molecule has 2 aromatic rings. The summed E-state index contributed by atoms with van der Waals surface area (Å²) in [6, 6.07) is 13.9. The third kappa shape index (κ3) is 9.44. The summed E-state index contributed by atoms with van der Waals surface area (Å²) in [6.45, 7) is 5.51. The Labute approximate surface area is 281 Å². The van der Waals surface area contributed by atoms with Crippen LogP contribution in [0.15, 0.2) is 48.5 Å². The first-order valence-corrected chi connectivity index (χ1v) is 16.9. The predicted octanol–water partition coefficient (Wildman–Crippen LogP) is 3.81. The van der Waals surface area contributed by atoms with E-state index in [1.165, 1.54) is 5.56 Å². The molecule has 2 fully saturated rings. The van der Waals surface area contributed by atoms with E-state index in [0.29, 0.717) is 49.1 Å². The van der Waals surface area contributed by atoms with Crippen LogP contribution in [0.25, 0.3) is 0 Å². The average Bonchev–Trinajstić information content (AvgIpc) is 3.40. The molecule has 0 aromatic heterocycles. The van der Waals surface area contributed by atoms with Crippen molar-refractivity contribution >= 4 is 46.9 Å². The van der Waals surface area contributed by atoms with E-state index in [1.807, 2.05) is 32.0 Å². The van der Waals surface area contributed by atoms with Crippen LogP contribution in [0.1, 0.15) is 57.1 Å². The van der Waals surface area contributed by atoms with Gasteiger partial charge in [-0.3, -0.25) is 24.1 Å². The van der Waals surface area contributed by atoms with E-state index in [-0.39, 0.29) is 55.8 Å². The van der Waals surface area contributed by atoms with Gasteiger partial charge in [0.25, 0.3) is 5.91 Å². The Bertz CT molecular complexity index is 1360. The molecule has 2 aliphatic rings. The second kappa shape index (κ2) is 17.1. The maximum Gasteiger partial charge on any atom is 0.306 e. The lowest BCUT2D eigenvalue weighted by molar-refractivity contribution is -0.153. The van der Waals surface area contributed by atoms with Crippen LogP contribution in [-0.4, -0.2) is 95.3 Å². The maximum absolute atomic E-state index is 14.1. The maximum atomic E-state index is 14.1. The summed E-state index contributed by atoms with van der Waals surface area (Å²) in [4.78, 5) is 58.5. The Balaban J connectivity index is 1.50. The highest BCUT2D eigenvalue weighted by atomic mass is 35.5. The summed E-state index contributed by atoms with van der Waals surface area (Å²) in [5.41, 5.74) is 8.36. The number of fused-ring (bicyclic) bond motifs is 1. The Hall–Kier alpha value is -3.18. The smallest absolute Gasteiger partial charge is 0.306 e. The summed E-state index contributed by atoms with van der Waals surface area (Å²) >= 11 is 12.2. The van der Waals surface area contributed by atoms with Crippen LogP contribution in [0.2, 0.25) is 10.0 Å². The molecular weight excluding hydrogens is 629 g/mol. The number of rotatable bonds is 14. The van der Waals surface area contributed by atoms with Crippen molar-refractivity contribution in [3.8, 4) is 0 Å². The number of carbonyl (C=O) groups excluding carboxylic acids is 4. The van der Waals surface area contributed by atoms with Crippen LogP contribution in [-0.2, 0) is 36.9 Å². The number of hydrogen-bond acceptors (Lipinski definition) is 7. The van der Waals surface area contributed by atoms with E-state index in [9.17, 15) is 19.2 Å². The van der Waals surface area contributed by atoms with Gasteiger partial charge in [-0.1, -0.05) is 59.6 Å². The summed E-state index contributed by atoms with van der Waals surface area (Å²) in [6.07, 6.45) is 2.81. The Morgan fingerprint density at radius 1 is 1.07 bits per heavy atom. The highest BCUT2D eigenvalue weighted by Gasteiger charge is 2.45. The quantitative estimate of drug-likeness (QED) is 0.292. The number of nitrogens with two attached hydrogens (primary N) is 1. The lowest BCUT2D eigenvalue weighted by Gasteiger charge is -2.32. The minimum atomic E-state index is -0.923. The van der Waals surface area contributed by atoms with Gasteiger partial charge in [0.2, 0.25) is 11.8 Å². The zero-order chi connectivity index (χ0) is 33.2. The minimum Gasteiger partial charge on any atom is -0.456 e. The number of aryl methyl sites for hydroxylation is 1. The molecule has 0 radical (unpaired) electrons. The van der Waals surface area contributed by atoms with Crippen LogP contribution in [0.5, 0.6) is 0 Å². The number of amides is 3. The topological polar surface area (TPSA) is 125 Å². The number of hydrogen-bond donors (Lipinski definition) is 2. The summed E-state index contributed by atoms with van der Waals surface area (Å²) in [5, 5.41) is 3.70. The number of nitrogens with zero attached hydrogens (tertiary/aromatic N) is 3.